The van der Waals surface area contributed by atoms with Crippen molar-refractivity contribution >= 4 is 48.5 Å². The normalized spacial score (nSPS) is 10.6. The Morgan fingerprint density at radius 3 is 2.86 bits per heavy atom. The molecule has 1 aromatic heterocycles. The van der Waals surface area contributed by atoms with Crippen LogP contribution in [0, 0.1) is 0 Å². The van der Waals surface area contributed by atoms with E-state index in [4.69, 9.17) is 4.74 Å². The molecule has 2 aromatic carbocycles. The lowest BCUT2D eigenvalue weighted by molar-refractivity contribution is 0.102. The summed E-state index contributed by atoms with van der Waals surface area (Å²) in [7, 11) is 0. The predicted molar refractivity (Wildman–Crippen MR) is 92.9 cm³/mol. The highest BCUT2D eigenvalue weighted by Crippen LogP contribution is 2.32. The van der Waals surface area contributed by atoms with Crippen molar-refractivity contribution in [1.29, 1.82) is 0 Å². The maximum Gasteiger partial charge on any atom is 0.258 e. The molecule has 0 atom stereocenters. The molecular formula is C16H13BrN2O2S. The topological polar surface area (TPSA) is 51.2 Å². The van der Waals surface area contributed by atoms with Gasteiger partial charge in [-0.1, -0.05) is 29.5 Å². The van der Waals surface area contributed by atoms with Gasteiger partial charge in [0.2, 0.25) is 0 Å². The molecule has 0 aliphatic rings. The van der Waals surface area contributed by atoms with Gasteiger partial charge < -0.3 is 4.74 Å². The molecule has 1 N–H and O–H groups in total. The zero-order valence-corrected chi connectivity index (χ0v) is 14.2. The van der Waals surface area contributed by atoms with Crippen molar-refractivity contribution in [2.75, 3.05) is 11.9 Å². The number of thiazole rings is 1. The summed E-state index contributed by atoms with van der Waals surface area (Å²) in [4.78, 5) is 16.8. The number of hydrogen-bond acceptors (Lipinski definition) is 4. The third-order valence-electron chi connectivity index (χ3n) is 3.02. The number of fused-ring (bicyclic) bond motifs is 1. The molecule has 1 heterocycles. The largest absolute Gasteiger partial charge is 0.492 e. The Bertz CT molecular complexity index is 832. The summed E-state index contributed by atoms with van der Waals surface area (Å²) in [5.41, 5.74) is 1.35. The van der Waals surface area contributed by atoms with Gasteiger partial charge in [0, 0.05) is 4.47 Å². The number of anilines is 1. The minimum absolute atomic E-state index is 0.190. The maximum atomic E-state index is 12.3. The van der Waals surface area contributed by atoms with Gasteiger partial charge in [0.1, 0.15) is 11.3 Å². The molecule has 0 aliphatic heterocycles. The highest BCUT2D eigenvalue weighted by Gasteiger charge is 2.14. The van der Waals surface area contributed by atoms with Gasteiger partial charge in [-0.2, -0.15) is 0 Å². The Balaban J connectivity index is 1.90. The van der Waals surface area contributed by atoms with Crippen molar-refractivity contribution in [3.63, 3.8) is 0 Å². The fourth-order valence-electron chi connectivity index (χ4n) is 2.06. The first-order valence-electron chi connectivity index (χ1n) is 6.77. The van der Waals surface area contributed by atoms with E-state index in [0.717, 1.165) is 20.4 Å². The highest BCUT2D eigenvalue weighted by molar-refractivity contribution is 9.10. The molecule has 0 aliphatic carbocycles. The van der Waals surface area contributed by atoms with Crippen molar-refractivity contribution in [1.82, 2.24) is 4.98 Å². The quantitative estimate of drug-likeness (QED) is 0.717. The number of carbonyl (C=O) groups is 1. The van der Waals surface area contributed by atoms with Gasteiger partial charge in [0.25, 0.3) is 5.91 Å². The van der Waals surface area contributed by atoms with E-state index in [1.165, 1.54) is 11.3 Å². The van der Waals surface area contributed by atoms with Crippen molar-refractivity contribution in [3.05, 3.63) is 52.5 Å². The Morgan fingerprint density at radius 1 is 1.27 bits per heavy atom. The lowest BCUT2D eigenvalue weighted by atomic mass is 10.2. The summed E-state index contributed by atoms with van der Waals surface area (Å²) in [6.07, 6.45) is 0. The maximum absolute atomic E-state index is 12.3. The van der Waals surface area contributed by atoms with Gasteiger partial charge >= 0.3 is 0 Å². The number of ether oxygens (including phenoxy) is 1. The van der Waals surface area contributed by atoms with Crippen LogP contribution in [0.3, 0.4) is 0 Å². The predicted octanol–water partition coefficient (Wildman–Crippen LogP) is 4.71. The van der Waals surface area contributed by atoms with Gasteiger partial charge in [0.15, 0.2) is 5.13 Å². The zero-order valence-electron chi connectivity index (χ0n) is 11.8. The number of benzene rings is 2. The van der Waals surface area contributed by atoms with Gasteiger partial charge in [-0.05, 0) is 47.1 Å². The van der Waals surface area contributed by atoms with Crippen LogP contribution in [0.5, 0.6) is 5.75 Å². The van der Waals surface area contributed by atoms with E-state index in [9.17, 15) is 4.79 Å². The van der Waals surface area contributed by atoms with Crippen LogP contribution < -0.4 is 10.1 Å². The Kier molecular flexibility index (Phi) is 4.40. The molecule has 3 aromatic rings. The number of carbonyl (C=O) groups excluding carboxylic acids is 1. The van der Waals surface area contributed by atoms with E-state index in [0.29, 0.717) is 17.3 Å². The molecule has 1 amide bonds. The lowest BCUT2D eigenvalue weighted by Crippen LogP contribution is -2.12. The SMILES string of the molecule is CCOc1cccc2sc(NC(=O)c3ccccc3Br)nc12. The van der Waals surface area contributed by atoms with Crippen LogP contribution in [0.2, 0.25) is 0 Å². The minimum atomic E-state index is -0.190. The number of para-hydroxylation sites is 1. The number of hydrogen-bond donors (Lipinski definition) is 1. The zero-order chi connectivity index (χ0) is 15.5. The Hall–Kier alpha value is -1.92. The molecule has 4 nitrogen and oxygen atoms in total. The molecule has 0 radical (unpaired) electrons. The van der Waals surface area contributed by atoms with Crippen LogP contribution in [-0.4, -0.2) is 17.5 Å². The first kappa shape index (κ1) is 15.0. The summed E-state index contributed by atoms with van der Waals surface area (Å²) in [5.74, 6) is 0.544. The first-order chi connectivity index (χ1) is 10.7. The molecule has 0 unspecified atom stereocenters. The molecule has 112 valence electrons. The fourth-order valence-corrected chi connectivity index (χ4v) is 3.40. The molecule has 0 bridgehead atoms. The number of rotatable bonds is 4. The van der Waals surface area contributed by atoms with Crippen molar-refractivity contribution in [2.45, 2.75) is 6.92 Å². The van der Waals surface area contributed by atoms with E-state index in [2.05, 4.69) is 26.2 Å². The second kappa shape index (κ2) is 6.46. The first-order valence-corrected chi connectivity index (χ1v) is 8.38. The van der Waals surface area contributed by atoms with Gasteiger partial charge in [0.05, 0.1) is 16.9 Å². The average molecular weight is 377 g/mol. The summed E-state index contributed by atoms with van der Waals surface area (Å²) >= 11 is 4.81. The second-order valence-corrected chi connectivity index (χ2v) is 6.37. The molecule has 0 fully saturated rings. The molecule has 0 saturated heterocycles. The van der Waals surface area contributed by atoms with Crippen LogP contribution in [-0.2, 0) is 0 Å². The minimum Gasteiger partial charge on any atom is -0.492 e. The van der Waals surface area contributed by atoms with Crippen LogP contribution in [0.1, 0.15) is 17.3 Å². The summed E-state index contributed by atoms with van der Waals surface area (Å²) in [5, 5.41) is 3.40. The smallest absolute Gasteiger partial charge is 0.258 e. The van der Waals surface area contributed by atoms with Gasteiger partial charge in [-0.15, -0.1) is 0 Å². The van der Waals surface area contributed by atoms with Crippen LogP contribution in [0.15, 0.2) is 46.9 Å². The van der Waals surface area contributed by atoms with E-state index in [1.54, 1.807) is 6.07 Å². The summed E-state index contributed by atoms with van der Waals surface area (Å²) < 4.78 is 7.30. The van der Waals surface area contributed by atoms with E-state index >= 15 is 0 Å². The molecular weight excluding hydrogens is 364 g/mol. The lowest BCUT2D eigenvalue weighted by Gasteiger charge is -2.03. The second-order valence-electron chi connectivity index (χ2n) is 4.49. The number of nitrogens with zero attached hydrogens (tertiary/aromatic N) is 1. The van der Waals surface area contributed by atoms with Crippen LogP contribution in [0.4, 0.5) is 5.13 Å². The molecule has 3 rings (SSSR count). The summed E-state index contributed by atoms with van der Waals surface area (Å²) in [6, 6.07) is 13.1. The van der Waals surface area contributed by atoms with Crippen LogP contribution >= 0.6 is 27.3 Å². The molecule has 0 spiro atoms. The molecule has 0 saturated carbocycles. The molecule has 6 heteroatoms. The number of aromatic nitrogens is 1. The monoisotopic (exact) mass is 376 g/mol. The van der Waals surface area contributed by atoms with E-state index in [-0.39, 0.29) is 5.91 Å². The fraction of sp³-hybridized carbons (Fsp3) is 0.125. The standard InChI is InChI=1S/C16H13BrN2O2S/c1-2-21-12-8-5-9-13-14(12)18-16(22-13)19-15(20)10-6-3-4-7-11(10)17/h3-9H,2H2,1H3,(H,18,19,20). The number of amides is 1. The average Bonchev–Trinajstić information content (AvgIpc) is 2.91. The Morgan fingerprint density at radius 2 is 2.09 bits per heavy atom. The van der Waals surface area contributed by atoms with Crippen molar-refractivity contribution in [3.8, 4) is 5.75 Å². The highest BCUT2D eigenvalue weighted by atomic mass is 79.9. The third-order valence-corrected chi connectivity index (χ3v) is 4.65. The number of halogens is 1. The van der Waals surface area contributed by atoms with Gasteiger partial charge in [-0.25, -0.2) is 4.98 Å². The van der Waals surface area contributed by atoms with Crippen molar-refractivity contribution in [2.24, 2.45) is 0 Å². The van der Waals surface area contributed by atoms with E-state index < -0.39 is 0 Å². The number of nitrogens with one attached hydrogen (secondary N) is 1. The van der Waals surface area contributed by atoms with E-state index in [1.807, 2.05) is 43.3 Å². The van der Waals surface area contributed by atoms with Crippen LogP contribution in [0.25, 0.3) is 10.2 Å². The molecule has 22 heavy (non-hydrogen) atoms. The van der Waals surface area contributed by atoms with Crippen molar-refractivity contribution < 1.29 is 9.53 Å². The summed E-state index contributed by atoms with van der Waals surface area (Å²) in [6.45, 7) is 2.51. The Labute approximate surface area is 140 Å². The van der Waals surface area contributed by atoms with Gasteiger partial charge in [-0.3, -0.25) is 10.1 Å². The third kappa shape index (κ3) is 2.98.